The summed E-state index contributed by atoms with van der Waals surface area (Å²) in [6.45, 7) is 8.12. The Morgan fingerprint density at radius 3 is 2.63 bits per heavy atom. The zero-order valence-electron chi connectivity index (χ0n) is 18.3. The first-order chi connectivity index (χ1) is 14.5. The molecule has 1 amide bonds. The summed E-state index contributed by atoms with van der Waals surface area (Å²) in [5, 5.41) is 3.33. The van der Waals surface area contributed by atoms with E-state index in [1.807, 2.05) is 12.1 Å². The van der Waals surface area contributed by atoms with Crippen molar-refractivity contribution in [1.82, 2.24) is 5.32 Å². The topological polar surface area (TPSA) is 41.6 Å². The lowest BCUT2D eigenvalue weighted by atomic mass is 9.74. The molecule has 0 radical (unpaired) electrons. The Labute approximate surface area is 179 Å². The molecule has 2 aliphatic heterocycles. The van der Waals surface area contributed by atoms with Gasteiger partial charge in [-0.1, -0.05) is 70.0 Å². The van der Waals surface area contributed by atoms with Crippen molar-refractivity contribution in [3.8, 4) is 5.75 Å². The number of hydrogen-bond acceptors (Lipinski definition) is 3. The van der Waals surface area contributed by atoms with E-state index in [2.05, 4.69) is 79.5 Å². The molecule has 1 unspecified atom stereocenters. The molecular formula is C26H32N2O2. The van der Waals surface area contributed by atoms with Crippen molar-refractivity contribution >= 4 is 17.7 Å². The summed E-state index contributed by atoms with van der Waals surface area (Å²) in [6, 6.07) is 16.7. The number of fused-ring (bicyclic) bond motifs is 3. The lowest BCUT2D eigenvalue weighted by molar-refractivity contribution is -0.124. The van der Waals surface area contributed by atoms with Crippen molar-refractivity contribution in [2.24, 2.45) is 0 Å². The molecule has 1 saturated heterocycles. The molecule has 4 nitrogen and oxygen atoms in total. The van der Waals surface area contributed by atoms with Gasteiger partial charge in [0.05, 0.1) is 6.61 Å². The number of benzene rings is 2. The summed E-state index contributed by atoms with van der Waals surface area (Å²) in [4.78, 5) is 14.8. The molecule has 4 heteroatoms. The van der Waals surface area contributed by atoms with Crippen LogP contribution in [0.15, 0.2) is 54.6 Å². The van der Waals surface area contributed by atoms with Crippen LogP contribution in [0.2, 0.25) is 0 Å². The smallest absolute Gasteiger partial charge is 0.223 e. The van der Waals surface area contributed by atoms with Gasteiger partial charge in [-0.2, -0.15) is 0 Å². The van der Waals surface area contributed by atoms with E-state index in [4.69, 9.17) is 4.74 Å². The number of carbonyl (C=O) groups is 1. The minimum absolute atomic E-state index is 0.104. The number of rotatable bonds is 7. The lowest BCUT2D eigenvalue weighted by Crippen LogP contribution is -2.68. The van der Waals surface area contributed by atoms with Gasteiger partial charge in [0, 0.05) is 24.1 Å². The standard InChI is InChI=1S/C26H32N2O2/c1-4-5-8-19-30-21-13-11-20(12-14-21)15-17-26-25(2,3)22-9-6-7-10-23(22)28(26)18-16-24(29)27-26/h6-7,9-15,17H,4-5,8,16,18-19H2,1-3H3,(H,27,29). The second-order valence-electron chi connectivity index (χ2n) is 8.82. The minimum Gasteiger partial charge on any atom is -0.494 e. The van der Waals surface area contributed by atoms with Gasteiger partial charge in [0.1, 0.15) is 11.4 Å². The second kappa shape index (κ2) is 8.17. The van der Waals surface area contributed by atoms with E-state index in [-0.39, 0.29) is 11.3 Å². The number of amides is 1. The Bertz CT molecular complexity index is 932. The van der Waals surface area contributed by atoms with Crippen LogP contribution in [0.4, 0.5) is 5.69 Å². The molecule has 1 atom stereocenters. The van der Waals surface area contributed by atoms with Crippen LogP contribution < -0.4 is 15.0 Å². The monoisotopic (exact) mass is 404 g/mol. The van der Waals surface area contributed by atoms with Crippen LogP contribution in [0, 0.1) is 0 Å². The molecule has 2 aliphatic rings. The molecular weight excluding hydrogens is 372 g/mol. The van der Waals surface area contributed by atoms with Gasteiger partial charge in [0.15, 0.2) is 0 Å². The number of anilines is 1. The third kappa shape index (κ3) is 3.49. The predicted octanol–water partition coefficient (Wildman–Crippen LogP) is 5.28. The van der Waals surface area contributed by atoms with Gasteiger partial charge >= 0.3 is 0 Å². The van der Waals surface area contributed by atoms with Gasteiger partial charge < -0.3 is 15.0 Å². The third-order valence-electron chi connectivity index (χ3n) is 6.55. The van der Waals surface area contributed by atoms with Crippen LogP contribution in [-0.2, 0) is 10.2 Å². The summed E-state index contributed by atoms with van der Waals surface area (Å²) in [5.41, 5.74) is 2.76. The maximum absolute atomic E-state index is 12.5. The summed E-state index contributed by atoms with van der Waals surface area (Å²) in [5.74, 6) is 1.01. The third-order valence-corrected chi connectivity index (χ3v) is 6.55. The quantitative estimate of drug-likeness (QED) is 0.638. The largest absolute Gasteiger partial charge is 0.494 e. The van der Waals surface area contributed by atoms with Gasteiger partial charge in [0.25, 0.3) is 0 Å². The van der Waals surface area contributed by atoms with E-state index < -0.39 is 5.66 Å². The Morgan fingerprint density at radius 1 is 1.10 bits per heavy atom. The fraction of sp³-hybridized carbons (Fsp3) is 0.423. The second-order valence-corrected chi connectivity index (χ2v) is 8.82. The van der Waals surface area contributed by atoms with Gasteiger partial charge in [0.2, 0.25) is 5.91 Å². The first kappa shape index (κ1) is 20.5. The fourth-order valence-electron chi connectivity index (χ4n) is 4.75. The first-order valence-electron chi connectivity index (χ1n) is 11.1. The summed E-state index contributed by atoms with van der Waals surface area (Å²) in [6.07, 6.45) is 8.29. The number of carbonyl (C=O) groups excluding carboxylic acids is 1. The number of nitrogens with one attached hydrogen (secondary N) is 1. The molecule has 2 aromatic rings. The van der Waals surface area contributed by atoms with E-state index in [1.54, 1.807) is 0 Å². The van der Waals surface area contributed by atoms with E-state index in [1.165, 1.54) is 24.1 Å². The van der Waals surface area contributed by atoms with Gasteiger partial charge in [-0.3, -0.25) is 4.79 Å². The Morgan fingerprint density at radius 2 is 1.87 bits per heavy atom. The molecule has 2 aromatic carbocycles. The normalized spacial score (nSPS) is 22.0. The van der Waals surface area contributed by atoms with Crippen LogP contribution >= 0.6 is 0 Å². The number of nitrogens with zero attached hydrogens (tertiary/aromatic N) is 1. The van der Waals surface area contributed by atoms with Crippen LogP contribution in [0.1, 0.15) is 57.6 Å². The molecule has 0 spiro atoms. The van der Waals surface area contributed by atoms with Gasteiger partial charge in [-0.05, 0) is 41.8 Å². The number of unbranched alkanes of at least 4 members (excludes halogenated alkanes) is 2. The van der Waals surface area contributed by atoms with Crippen molar-refractivity contribution in [3.05, 3.63) is 65.7 Å². The molecule has 1 N–H and O–H groups in total. The highest BCUT2D eigenvalue weighted by atomic mass is 16.5. The zero-order chi connectivity index (χ0) is 21.2. The molecule has 30 heavy (non-hydrogen) atoms. The molecule has 0 aromatic heterocycles. The van der Waals surface area contributed by atoms with Gasteiger partial charge in [-0.25, -0.2) is 0 Å². The minimum atomic E-state index is -0.568. The molecule has 4 rings (SSSR count). The molecule has 0 aliphatic carbocycles. The van der Waals surface area contributed by atoms with E-state index in [0.29, 0.717) is 6.42 Å². The Balaban J connectivity index is 1.59. The van der Waals surface area contributed by atoms with Crippen LogP contribution in [0.3, 0.4) is 0 Å². The number of hydrogen-bond donors (Lipinski definition) is 1. The van der Waals surface area contributed by atoms with E-state index in [9.17, 15) is 4.79 Å². The van der Waals surface area contributed by atoms with Gasteiger partial charge in [-0.15, -0.1) is 0 Å². The molecule has 0 saturated carbocycles. The highest BCUT2D eigenvalue weighted by Crippen LogP contribution is 2.52. The molecule has 0 bridgehead atoms. The summed E-state index contributed by atoms with van der Waals surface area (Å²) >= 11 is 0. The number of ether oxygens (including phenoxy) is 1. The predicted molar refractivity (Wildman–Crippen MR) is 123 cm³/mol. The molecule has 2 heterocycles. The van der Waals surface area contributed by atoms with E-state index in [0.717, 1.165) is 30.9 Å². The first-order valence-corrected chi connectivity index (χ1v) is 11.1. The van der Waals surface area contributed by atoms with Crippen LogP contribution in [-0.4, -0.2) is 24.7 Å². The maximum Gasteiger partial charge on any atom is 0.223 e. The SMILES string of the molecule is CCCCCOc1ccc(C=CC23NC(=O)CCN2c2ccccc2C3(C)C)cc1. The van der Waals surface area contributed by atoms with Crippen molar-refractivity contribution in [1.29, 1.82) is 0 Å². The highest BCUT2D eigenvalue weighted by Gasteiger charge is 2.57. The van der Waals surface area contributed by atoms with Crippen molar-refractivity contribution < 1.29 is 9.53 Å². The zero-order valence-corrected chi connectivity index (χ0v) is 18.3. The fourth-order valence-corrected chi connectivity index (χ4v) is 4.75. The van der Waals surface area contributed by atoms with Crippen LogP contribution in [0.25, 0.3) is 6.08 Å². The Hall–Kier alpha value is -2.75. The summed E-state index contributed by atoms with van der Waals surface area (Å²) in [7, 11) is 0. The average Bonchev–Trinajstić information content (AvgIpc) is 2.94. The van der Waals surface area contributed by atoms with Crippen LogP contribution in [0.5, 0.6) is 5.75 Å². The van der Waals surface area contributed by atoms with Crippen molar-refractivity contribution in [2.45, 2.75) is 57.5 Å². The lowest BCUT2D eigenvalue weighted by Gasteiger charge is -2.49. The van der Waals surface area contributed by atoms with Crippen molar-refractivity contribution in [2.75, 3.05) is 18.1 Å². The van der Waals surface area contributed by atoms with E-state index >= 15 is 0 Å². The maximum atomic E-state index is 12.5. The summed E-state index contributed by atoms with van der Waals surface area (Å²) < 4.78 is 5.83. The highest BCUT2D eigenvalue weighted by molar-refractivity contribution is 5.84. The average molecular weight is 405 g/mol. The molecule has 1 fully saturated rings. The number of para-hydroxylation sites is 1. The Kier molecular flexibility index (Phi) is 5.59. The van der Waals surface area contributed by atoms with Crippen molar-refractivity contribution in [3.63, 3.8) is 0 Å². The molecule has 158 valence electrons.